The lowest BCUT2D eigenvalue weighted by atomic mass is 10.6. The maximum atomic E-state index is 10.8. The molecule has 0 amide bonds. The average Bonchev–Trinajstić information content (AvgIpc) is 2.70. The zero-order valence-electron chi connectivity index (χ0n) is 7.92. The molecule has 0 saturated carbocycles. The number of imidazole rings is 1. The summed E-state index contributed by atoms with van der Waals surface area (Å²) < 4.78 is 1.68. The Morgan fingerprint density at radius 2 is 2.25 bits per heavy atom. The summed E-state index contributed by atoms with van der Waals surface area (Å²) in [7, 11) is 1.56. The van der Waals surface area contributed by atoms with E-state index in [2.05, 4.69) is 15.2 Å². The fourth-order valence-corrected chi connectivity index (χ4v) is 2.59. The number of nitrogens with zero attached hydrogens (tertiary/aromatic N) is 5. The molecule has 0 saturated heterocycles. The van der Waals surface area contributed by atoms with Crippen LogP contribution >= 0.6 is 33.9 Å². The van der Waals surface area contributed by atoms with Crippen LogP contribution in [0, 0.1) is 13.8 Å². The maximum absolute atomic E-state index is 10.8. The summed E-state index contributed by atoms with van der Waals surface area (Å²) in [6, 6.07) is 0. The normalized spacial score (nSPS) is 10.6. The van der Waals surface area contributed by atoms with Gasteiger partial charge in [0.1, 0.15) is 0 Å². The topological polar surface area (TPSA) is 113 Å². The van der Waals surface area contributed by atoms with E-state index in [-0.39, 0.29) is 5.82 Å². The van der Waals surface area contributed by atoms with Crippen molar-refractivity contribution in [3.63, 3.8) is 0 Å². The lowest BCUT2D eigenvalue weighted by Crippen LogP contribution is -1.99. The summed E-state index contributed by atoms with van der Waals surface area (Å²) in [6.07, 6.45) is 0. The lowest BCUT2D eigenvalue weighted by Gasteiger charge is -1.94. The number of rotatable bonds is 2. The van der Waals surface area contributed by atoms with Crippen molar-refractivity contribution >= 4 is 44.9 Å². The van der Waals surface area contributed by atoms with Gasteiger partial charge in [-0.1, -0.05) is 11.3 Å². The van der Waals surface area contributed by atoms with Gasteiger partial charge in [-0.3, -0.25) is 0 Å². The first-order chi connectivity index (χ1) is 7.50. The second-order valence-corrected chi connectivity index (χ2v) is 4.84. The molecule has 0 radical (unpaired) electrons. The second-order valence-electron chi connectivity index (χ2n) is 2.81. The highest BCUT2D eigenvalue weighted by atomic mass is 127. The quantitative estimate of drug-likeness (QED) is 0.491. The second kappa shape index (κ2) is 3.93. The van der Waals surface area contributed by atoms with Crippen LogP contribution in [0.25, 0.3) is 10.8 Å². The standard InChI is InChI=1S/C6H5IN6O2S/c1-12-3(4-10-11-6(8)16-4)9-2(7)5(12)13(14)15/h1H3,(H2,8,11). The molecular weight excluding hydrogens is 347 g/mol. The fourth-order valence-electron chi connectivity index (χ4n) is 1.17. The predicted molar refractivity (Wildman–Crippen MR) is 65.9 cm³/mol. The van der Waals surface area contributed by atoms with Crippen LogP contribution in [0.3, 0.4) is 0 Å². The van der Waals surface area contributed by atoms with Gasteiger partial charge in [0.2, 0.25) is 10.1 Å². The highest BCUT2D eigenvalue weighted by Gasteiger charge is 2.26. The number of anilines is 1. The third-order valence-electron chi connectivity index (χ3n) is 1.83. The van der Waals surface area contributed by atoms with Gasteiger partial charge in [-0.05, 0) is 27.5 Å². The van der Waals surface area contributed by atoms with E-state index in [0.717, 1.165) is 11.3 Å². The van der Waals surface area contributed by atoms with Crippen molar-refractivity contribution < 1.29 is 4.92 Å². The van der Waals surface area contributed by atoms with E-state index in [1.807, 2.05) is 22.6 Å². The van der Waals surface area contributed by atoms with Crippen molar-refractivity contribution in [1.82, 2.24) is 19.7 Å². The predicted octanol–water partition coefficient (Wildman–Crippen LogP) is 1.03. The summed E-state index contributed by atoms with van der Waals surface area (Å²) in [5, 5.41) is 19.0. The molecule has 0 atom stereocenters. The van der Waals surface area contributed by atoms with E-state index in [4.69, 9.17) is 5.73 Å². The maximum Gasteiger partial charge on any atom is 0.356 e. The summed E-state index contributed by atoms with van der Waals surface area (Å²) >= 11 is 2.94. The first-order valence-electron chi connectivity index (χ1n) is 3.96. The monoisotopic (exact) mass is 352 g/mol. The Kier molecular flexibility index (Phi) is 2.75. The fraction of sp³-hybridized carbons (Fsp3) is 0.167. The van der Waals surface area contributed by atoms with Gasteiger partial charge in [0, 0.05) is 0 Å². The molecule has 0 aliphatic heterocycles. The lowest BCUT2D eigenvalue weighted by molar-refractivity contribution is -0.392. The van der Waals surface area contributed by atoms with E-state index >= 15 is 0 Å². The van der Waals surface area contributed by atoms with Crippen molar-refractivity contribution in [2.75, 3.05) is 5.73 Å². The van der Waals surface area contributed by atoms with Gasteiger partial charge in [-0.25, -0.2) is 4.57 Å². The van der Waals surface area contributed by atoms with Crippen LogP contribution in [0.15, 0.2) is 0 Å². The van der Waals surface area contributed by atoms with E-state index in [9.17, 15) is 10.1 Å². The SMILES string of the molecule is Cn1c(-c2nnc(N)s2)nc(I)c1[N+](=O)[O-]. The zero-order valence-corrected chi connectivity index (χ0v) is 10.9. The Morgan fingerprint density at radius 3 is 2.69 bits per heavy atom. The van der Waals surface area contributed by atoms with Gasteiger partial charge in [-0.2, -0.15) is 4.98 Å². The summed E-state index contributed by atoms with van der Waals surface area (Å²) in [4.78, 5) is 14.4. The molecule has 2 N–H and O–H groups in total. The Balaban J connectivity index is 2.59. The van der Waals surface area contributed by atoms with E-state index in [1.54, 1.807) is 7.05 Å². The van der Waals surface area contributed by atoms with Crippen molar-refractivity contribution in [1.29, 1.82) is 0 Å². The van der Waals surface area contributed by atoms with Crippen LogP contribution in [0.4, 0.5) is 10.9 Å². The molecule has 2 rings (SSSR count). The van der Waals surface area contributed by atoms with Gasteiger partial charge in [0.05, 0.1) is 7.05 Å². The number of nitro groups is 1. The van der Waals surface area contributed by atoms with Gasteiger partial charge < -0.3 is 15.8 Å². The molecule has 0 aromatic carbocycles. The van der Waals surface area contributed by atoms with E-state index < -0.39 is 4.92 Å². The Labute approximate surface area is 107 Å². The van der Waals surface area contributed by atoms with Gasteiger partial charge in [0.25, 0.3) is 5.82 Å². The summed E-state index contributed by atoms with van der Waals surface area (Å²) in [6.45, 7) is 0. The number of nitrogens with two attached hydrogens (primary N) is 1. The molecule has 0 fully saturated rings. The highest BCUT2D eigenvalue weighted by Crippen LogP contribution is 2.29. The number of halogens is 1. The molecule has 0 bridgehead atoms. The Hall–Kier alpha value is -1.30. The minimum atomic E-state index is -0.483. The first-order valence-corrected chi connectivity index (χ1v) is 5.86. The smallest absolute Gasteiger partial charge is 0.356 e. The summed E-state index contributed by atoms with van der Waals surface area (Å²) in [5.41, 5.74) is 5.44. The Morgan fingerprint density at radius 1 is 1.56 bits per heavy atom. The van der Waals surface area contributed by atoms with Crippen molar-refractivity contribution in [2.24, 2.45) is 7.05 Å². The van der Waals surface area contributed by atoms with Gasteiger partial charge >= 0.3 is 5.82 Å². The molecule has 2 aromatic rings. The van der Waals surface area contributed by atoms with Crippen LogP contribution in [0.1, 0.15) is 0 Å². The molecular formula is C6H5IN6O2S. The molecule has 0 unspecified atom stereocenters. The molecule has 0 spiro atoms. The molecule has 2 heterocycles. The number of aromatic nitrogens is 4. The molecule has 16 heavy (non-hydrogen) atoms. The van der Waals surface area contributed by atoms with Crippen molar-refractivity contribution in [3.05, 3.63) is 13.8 Å². The van der Waals surface area contributed by atoms with Crippen LogP contribution in [0.5, 0.6) is 0 Å². The highest BCUT2D eigenvalue weighted by molar-refractivity contribution is 14.1. The van der Waals surface area contributed by atoms with Gasteiger partial charge in [-0.15, -0.1) is 10.2 Å². The first kappa shape index (κ1) is 11.2. The Bertz CT molecular complexity index is 563. The van der Waals surface area contributed by atoms with Crippen LogP contribution < -0.4 is 5.73 Å². The minimum Gasteiger partial charge on any atom is -0.374 e. The number of nitrogen functional groups attached to an aromatic ring is 1. The average molecular weight is 352 g/mol. The molecule has 8 nitrogen and oxygen atoms in total. The van der Waals surface area contributed by atoms with Crippen molar-refractivity contribution in [3.8, 4) is 10.8 Å². The number of hydrogen-bond donors (Lipinski definition) is 1. The van der Waals surface area contributed by atoms with Crippen LogP contribution in [0.2, 0.25) is 0 Å². The summed E-state index contributed by atoms with van der Waals surface area (Å²) in [5.74, 6) is 0.328. The molecule has 0 aliphatic carbocycles. The molecule has 84 valence electrons. The van der Waals surface area contributed by atoms with E-state index in [0.29, 0.717) is 19.7 Å². The number of hydrogen-bond acceptors (Lipinski definition) is 7. The van der Waals surface area contributed by atoms with Crippen LogP contribution in [-0.4, -0.2) is 24.7 Å². The van der Waals surface area contributed by atoms with Crippen molar-refractivity contribution in [2.45, 2.75) is 0 Å². The molecule has 0 aliphatic rings. The molecule has 2 aromatic heterocycles. The third kappa shape index (κ3) is 1.73. The largest absolute Gasteiger partial charge is 0.374 e. The zero-order chi connectivity index (χ0) is 11.9. The minimum absolute atomic E-state index is 0.0654. The third-order valence-corrected chi connectivity index (χ3v) is 3.30. The van der Waals surface area contributed by atoms with Crippen LogP contribution in [-0.2, 0) is 7.05 Å². The molecule has 10 heteroatoms. The van der Waals surface area contributed by atoms with Gasteiger partial charge in [0.15, 0.2) is 3.70 Å². The van der Waals surface area contributed by atoms with E-state index in [1.165, 1.54) is 4.57 Å².